The first-order valence-electron chi connectivity index (χ1n) is 7.10. The lowest BCUT2D eigenvalue weighted by Crippen LogP contribution is -1.86. The number of nitrogens with zero attached hydrogens (tertiary/aromatic N) is 2. The SMILES string of the molecule is OCc1ccc(CSCc2nnc(-c3ccccc3Cl)o2)cc1. The number of hydrogen-bond donors (Lipinski definition) is 1. The molecule has 3 aromatic rings. The molecule has 0 atom stereocenters. The highest BCUT2D eigenvalue weighted by molar-refractivity contribution is 7.97. The zero-order chi connectivity index (χ0) is 16.1. The van der Waals surface area contributed by atoms with E-state index in [1.165, 1.54) is 5.56 Å². The van der Waals surface area contributed by atoms with Gasteiger partial charge in [0.05, 0.1) is 22.9 Å². The molecule has 0 fully saturated rings. The number of aromatic nitrogens is 2. The number of benzene rings is 2. The predicted molar refractivity (Wildman–Crippen MR) is 92.1 cm³/mol. The number of hydrogen-bond acceptors (Lipinski definition) is 5. The zero-order valence-corrected chi connectivity index (χ0v) is 13.8. The highest BCUT2D eigenvalue weighted by Gasteiger charge is 2.11. The van der Waals surface area contributed by atoms with Gasteiger partial charge in [-0.3, -0.25) is 0 Å². The Bertz CT molecular complexity index is 774. The number of aliphatic hydroxyl groups excluding tert-OH is 1. The van der Waals surface area contributed by atoms with E-state index in [0.29, 0.717) is 22.6 Å². The van der Waals surface area contributed by atoms with Gasteiger partial charge in [0.25, 0.3) is 0 Å². The molecule has 0 unspecified atom stereocenters. The van der Waals surface area contributed by atoms with Crippen molar-refractivity contribution >= 4 is 23.4 Å². The van der Waals surface area contributed by atoms with Crippen LogP contribution in [0.4, 0.5) is 0 Å². The fourth-order valence-electron chi connectivity index (χ4n) is 2.05. The predicted octanol–water partition coefficient (Wildman–Crippen LogP) is 4.32. The smallest absolute Gasteiger partial charge is 0.249 e. The summed E-state index contributed by atoms with van der Waals surface area (Å²) in [6, 6.07) is 15.3. The third kappa shape index (κ3) is 4.13. The topological polar surface area (TPSA) is 59.2 Å². The summed E-state index contributed by atoms with van der Waals surface area (Å²) >= 11 is 7.82. The second-order valence-electron chi connectivity index (χ2n) is 4.95. The average molecular weight is 347 g/mol. The van der Waals surface area contributed by atoms with E-state index in [9.17, 15) is 0 Å². The summed E-state index contributed by atoms with van der Waals surface area (Å²) in [5.74, 6) is 2.50. The molecule has 1 N–H and O–H groups in total. The van der Waals surface area contributed by atoms with Crippen molar-refractivity contribution in [1.82, 2.24) is 10.2 Å². The fraction of sp³-hybridized carbons (Fsp3) is 0.176. The summed E-state index contributed by atoms with van der Waals surface area (Å²) in [5.41, 5.74) is 2.86. The largest absolute Gasteiger partial charge is 0.420 e. The monoisotopic (exact) mass is 346 g/mol. The highest BCUT2D eigenvalue weighted by atomic mass is 35.5. The zero-order valence-electron chi connectivity index (χ0n) is 12.3. The molecular formula is C17H15ClN2O2S. The van der Waals surface area contributed by atoms with Gasteiger partial charge in [-0.2, -0.15) is 0 Å². The van der Waals surface area contributed by atoms with E-state index in [4.69, 9.17) is 21.1 Å². The summed E-state index contributed by atoms with van der Waals surface area (Å²) in [6.07, 6.45) is 0. The van der Waals surface area contributed by atoms with Gasteiger partial charge in [-0.25, -0.2) is 0 Å². The lowest BCUT2D eigenvalue weighted by molar-refractivity contribution is 0.282. The van der Waals surface area contributed by atoms with Crippen molar-refractivity contribution < 1.29 is 9.52 Å². The second-order valence-corrected chi connectivity index (χ2v) is 6.34. The van der Waals surface area contributed by atoms with Crippen molar-refractivity contribution in [2.24, 2.45) is 0 Å². The molecule has 3 rings (SSSR count). The van der Waals surface area contributed by atoms with Gasteiger partial charge in [0.2, 0.25) is 11.8 Å². The van der Waals surface area contributed by atoms with Crippen molar-refractivity contribution in [2.45, 2.75) is 18.1 Å². The molecule has 6 heteroatoms. The molecule has 0 saturated heterocycles. The third-order valence-electron chi connectivity index (χ3n) is 3.27. The molecule has 0 amide bonds. The minimum atomic E-state index is 0.0697. The minimum Gasteiger partial charge on any atom is -0.420 e. The van der Waals surface area contributed by atoms with E-state index in [0.717, 1.165) is 16.9 Å². The first-order valence-corrected chi connectivity index (χ1v) is 8.63. The molecule has 23 heavy (non-hydrogen) atoms. The Morgan fingerprint density at radius 1 is 0.957 bits per heavy atom. The second kappa shape index (κ2) is 7.64. The lowest BCUT2D eigenvalue weighted by atomic mass is 10.2. The summed E-state index contributed by atoms with van der Waals surface area (Å²) < 4.78 is 5.66. The molecule has 0 spiro atoms. The van der Waals surface area contributed by atoms with Crippen molar-refractivity contribution in [1.29, 1.82) is 0 Å². The lowest BCUT2D eigenvalue weighted by Gasteiger charge is -2.01. The Morgan fingerprint density at radius 2 is 1.70 bits per heavy atom. The van der Waals surface area contributed by atoms with Crippen LogP contribution in [0.3, 0.4) is 0 Å². The number of rotatable bonds is 6. The summed E-state index contributed by atoms with van der Waals surface area (Å²) in [5, 5.41) is 17.7. The van der Waals surface area contributed by atoms with Crippen LogP contribution in [-0.2, 0) is 18.1 Å². The van der Waals surface area contributed by atoms with Gasteiger partial charge in [-0.15, -0.1) is 22.0 Å². The molecule has 118 valence electrons. The third-order valence-corrected chi connectivity index (χ3v) is 4.59. The van der Waals surface area contributed by atoms with Crippen molar-refractivity contribution in [3.8, 4) is 11.5 Å². The molecular weight excluding hydrogens is 332 g/mol. The Morgan fingerprint density at radius 3 is 2.43 bits per heavy atom. The van der Waals surface area contributed by atoms with Gasteiger partial charge in [-0.1, -0.05) is 48.0 Å². The molecule has 0 radical (unpaired) electrons. The first kappa shape index (κ1) is 16.1. The highest BCUT2D eigenvalue weighted by Crippen LogP contribution is 2.27. The van der Waals surface area contributed by atoms with Crippen molar-refractivity contribution in [3.63, 3.8) is 0 Å². The van der Waals surface area contributed by atoms with Crippen LogP contribution in [0.15, 0.2) is 52.9 Å². The van der Waals surface area contributed by atoms with E-state index in [1.54, 1.807) is 17.8 Å². The van der Waals surface area contributed by atoms with Crippen LogP contribution in [-0.4, -0.2) is 15.3 Å². The van der Waals surface area contributed by atoms with Gasteiger partial charge in [0.15, 0.2) is 0 Å². The van der Waals surface area contributed by atoms with Gasteiger partial charge in [-0.05, 0) is 23.3 Å². The molecule has 1 aromatic heterocycles. The number of halogens is 1. The quantitative estimate of drug-likeness (QED) is 0.720. The Hall–Kier alpha value is -1.82. The van der Waals surface area contributed by atoms with Gasteiger partial charge in [0.1, 0.15) is 0 Å². The maximum absolute atomic E-state index is 9.03. The molecule has 1 heterocycles. The molecule has 0 bridgehead atoms. The van der Waals surface area contributed by atoms with Crippen LogP contribution in [0.5, 0.6) is 0 Å². The Labute approximate surface area is 143 Å². The van der Waals surface area contributed by atoms with Gasteiger partial charge >= 0.3 is 0 Å². The van der Waals surface area contributed by atoms with E-state index >= 15 is 0 Å². The summed E-state index contributed by atoms with van der Waals surface area (Å²) in [4.78, 5) is 0. The van der Waals surface area contributed by atoms with Crippen LogP contribution in [0.25, 0.3) is 11.5 Å². The number of aliphatic hydroxyl groups is 1. The molecule has 0 aliphatic carbocycles. The van der Waals surface area contributed by atoms with Crippen molar-refractivity contribution in [3.05, 3.63) is 70.6 Å². The Kier molecular flexibility index (Phi) is 5.33. The van der Waals surface area contributed by atoms with Crippen LogP contribution in [0.2, 0.25) is 5.02 Å². The minimum absolute atomic E-state index is 0.0697. The first-order chi connectivity index (χ1) is 11.3. The average Bonchev–Trinajstić information content (AvgIpc) is 3.04. The Balaban J connectivity index is 1.58. The van der Waals surface area contributed by atoms with Crippen LogP contribution >= 0.6 is 23.4 Å². The molecule has 0 aliphatic rings. The summed E-state index contributed by atoms with van der Waals surface area (Å²) in [7, 11) is 0. The van der Waals surface area contributed by atoms with E-state index in [2.05, 4.69) is 10.2 Å². The van der Waals surface area contributed by atoms with Crippen LogP contribution in [0, 0.1) is 0 Å². The molecule has 2 aromatic carbocycles. The van der Waals surface area contributed by atoms with E-state index in [-0.39, 0.29) is 6.61 Å². The standard InChI is InChI=1S/C17H15ClN2O2S/c18-15-4-2-1-3-14(15)17-20-19-16(22-17)11-23-10-13-7-5-12(9-21)6-8-13/h1-8,21H,9-11H2. The fourth-order valence-corrected chi connectivity index (χ4v) is 3.09. The number of thioether (sulfide) groups is 1. The van der Waals surface area contributed by atoms with Gasteiger partial charge in [0, 0.05) is 5.75 Å². The molecule has 0 aliphatic heterocycles. The van der Waals surface area contributed by atoms with E-state index in [1.807, 2.05) is 42.5 Å². The molecule has 4 nitrogen and oxygen atoms in total. The summed E-state index contributed by atoms with van der Waals surface area (Å²) in [6.45, 7) is 0.0697. The van der Waals surface area contributed by atoms with E-state index < -0.39 is 0 Å². The maximum Gasteiger partial charge on any atom is 0.249 e. The normalized spacial score (nSPS) is 10.9. The maximum atomic E-state index is 9.03. The van der Waals surface area contributed by atoms with Crippen LogP contribution < -0.4 is 0 Å². The molecule has 0 saturated carbocycles. The van der Waals surface area contributed by atoms with Crippen molar-refractivity contribution in [2.75, 3.05) is 0 Å². The van der Waals surface area contributed by atoms with Crippen LogP contribution in [0.1, 0.15) is 17.0 Å². The van der Waals surface area contributed by atoms with Gasteiger partial charge < -0.3 is 9.52 Å².